The minimum atomic E-state index is 0.667. The average molecular weight is 302 g/mol. The molecule has 2 nitrogen and oxygen atoms in total. The maximum atomic E-state index is 5.89. The Morgan fingerprint density at radius 1 is 1.06 bits per heavy atom. The quantitative estimate of drug-likeness (QED) is 0.640. The molecule has 0 aliphatic heterocycles. The van der Waals surface area contributed by atoms with Crippen molar-refractivity contribution in [2.75, 3.05) is 0 Å². The minimum Gasteiger partial charge on any atom is -0.435 e. The van der Waals surface area contributed by atoms with Crippen LogP contribution in [0.5, 0.6) is 0 Å². The predicted molar refractivity (Wildman–Crippen MR) is 76.6 cm³/mol. The van der Waals surface area contributed by atoms with Gasteiger partial charge in [-0.1, -0.05) is 24.3 Å². The lowest BCUT2D eigenvalue weighted by molar-refractivity contribution is 0.617. The summed E-state index contributed by atoms with van der Waals surface area (Å²) in [6.07, 6.45) is 0. The fourth-order valence-electron chi connectivity index (χ4n) is 2.08. The largest absolute Gasteiger partial charge is 0.435 e. The maximum Gasteiger partial charge on any atom is 0.227 e. The molecule has 18 heavy (non-hydrogen) atoms. The third-order valence-corrected chi connectivity index (χ3v) is 3.99. The van der Waals surface area contributed by atoms with Crippen LogP contribution in [0.25, 0.3) is 22.6 Å². The molecule has 1 aromatic heterocycles. The molecule has 1 heterocycles. The minimum absolute atomic E-state index is 0.667. The Balaban J connectivity index is 2.29. The second-order valence-electron chi connectivity index (χ2n) is 4.39. The summed E-state index contributed by atoms with van der Waals surface area (Å²) in [5.74, 6) is 0.667. The highest BCUT2D eigenvalue weighted by molar-refractivity contribution is 9.10. The van der Waals surface area contributed by atoms with Crippen LogP contribution >= 0.6 is 15.9 Å². The van der Waals surface area contributed by atoms with Crippen LogP contribution in [0.4, 0.5) is 0 Å². The van der Waals surface area contributed by atoms with E-state index in [0.29, 0.717) is 5.89 Å². The number of halogens is 1. The summed E-state index contributed by atoms with van der Waals surface area (Å²) in [4.78, 5) is 4.59. The summed E-state index contributed by atoms with van der Waals surface area (Å²) in [6, 6.07) is 12.1. The van der Waals surface area contributed by atoms with Crippen LogP contribution in [0.3, 0.4) is 0 Å². The molecule has 3 heteroatoms. The molecular formula is C15H12BrNO. The SMILES string of the molecule is Cc1cc(C)c2nc(-c3ccccc3)oc2c1Br. The Labute approximate surface area is 114 Å². The van der Waals surface area contributed by atoms with Crippen LogP contribution in [-0.2, 0) is 0 Å². The highest BCUT2D eigenvalue weighted by atomic mass is 79.9. The van der Waals surface area contributed by atoms with Gasteiger partial charge in [0, 0.05) is 5.56 Å². The second kappa shape index (κ2) is 4.25. The number of benzene rings is 2. The first-order valence-electron chi connectivity index (χ1n) is 5.78. The van der Waals surface area contributed by atoms with Crippen molar-refractivity contribution in [1.82, 2.24) is 4.98 Å². The van der Waals surface area contributed by atoms with Gasteiger partial charge in [0.15, 0.2) is 5.58 Å². The van der Waals surface area contributed by atoms with Crippen molar-refractivity contribution in [1.29, 1.82) is 0 Å². The fourth-order valence-corrected chi connectivity index (χ4v) is 2.46. The number of hydrogen-bond donors (Lipinski definition) is 0. The monoisotopic (exact) mass is 301 g/mol. The molecular weight excluding hydrogens is 290 g/mol. The molecule has 2 aromatic carbocycles. The number of aromatic nitrogens is 1. The molecule has 0 aliphatic rings. The highest BCUT2D eigenvalue weighted by Crippen LogP contribution is 2.33. The number of nitrogens with zero attached hydrogens (tertiary/aromatic N) is 1. The van der Waals surface area contributed by atoms with E-state index in [1.165, 1.54) is 0 Å². The van der Waals surface area contributed by atoms with Gasteiger partial charge in [-0.05, 0) is 53.0 Å². The highest BCUT2D eigenvalue weighted by Gasteiger charge is 2.14. The van der Waals surface area contributed by atoms with Crippen LogP contribution in [0.2, 0.25) is 0 Å². The molecule has 0 saturated carbocycles. The molecule has 3 aromatic rings. The van der Waals surface area contributed by atoms with E-state index in [4.69, 9.17) is 4.42 Å². The van der Waals surface area contributed by atoms with E-state index in [9.17, 15) is 0 Å². The standard InChI is InChI=1S/C15H12BrNO/c1-9-8-10(2)13-14(12(9)16)18-15(17-13)11-6-4-3-5-7-11/h3-8H,1-2H3. The normalized spacial score (nSPS) is 11.1. The number of fused-ring (bicyclic) bond motifs is 1. The van der Waals surface area contributed by atoms with E-state index >= 15 is 0 Å². The third-order valence-electron chi connectivity index (χ3n) is 3.00. The third kappa shape index (κ3) is 1.75. The Kier molecular flexibility index (Phi) is 2.71. The van der Waals surface area contributed by atoms with Gasteiger partial charge in [-0.3, -0.25) is 0 Å². The molecule has 90 valence electrons. The summed E-state index contributed by atoms with van der Waals surface area (Å²) in [5, 5.41) is 0. The first-order valence-corrected chi connectivity index (χ1v) is 6.58. The van der Waals surface area contributed by atoms with Gasteiger partial charge in [-0.25, -0.2) is 4.98 Å². The summed E-state index contributed by atoms with van der Waals surface area (Å²) < 4.78 is 6.87. The first kappa shape index (κ1) is 11.5. The zero-order valence-corrected chi connectivity index (χ0v) is 11.8. The number of rotatable bonds is 1. The predicted octanol–water partition coefficient (Wildman–Crippen LogP) is 4.87. The van der Waals surface area contributed by atoms with Crippen LogP contribution in [0, 0.1) is 13.8 Å². The van der Waals surface area contributed by atoms with E-state index in [-0.39, 0.29) is 0 Å². The zero-order valence-electron chi connectivity index (χ0n) is 10.2. The molecule has 0 atom stereocenters. The molecule has 0 N–H and O–H groups in total. The molecule has 0 aliphatic carbocycles. The maximum absolute atomic E-state index is 5.89. The van der Waals surface area contributed by atoms with Gasteiger partial charge in [-0.15, -0.1) is 0 Å². The van der Waals surface area contributed by atoms with Gasteiger partial charge in [0.2, 0.25) is 5.89 Å². The molecule has 0 radical (unpaired) electrons. The lowest BCUT2D eigenvalue weighted by Crippen LogP contribution is -1.82. The zero-order chi connectivity index (χ0) is 12.7. The lowest BCUT2D eigenvalue weighted by atomic mass is 10.1. The smallest absolute Gasteiger partial charge is 0.227 e. The molecule has 0 fully saturated rings. The number of hydrogen-bond acceptors (Lipinski definition) is 2. The van der Waals surface area contributed by atoms with E-state index < -0.39 is 0 Å². The summed E-state index contributed by atoms with van der Waals surface area (Å²) in [7, 11) is 0. The van der Waals surface area contributed by atoms with E-state index in [1.807, 2.05) is 30.3 Å². The van der Waals surface area contributed by atoms with Crippen molar-refractivity contribution >= 4 is 27.0 Å². The van der Waals surface area contributed by atoms with Crippen molar-refractivity contribution in [3.8, 4) is 11.5 Å². The van der Waals surface area contributed by atoms with E-state index in [0.717, 1.165) is 32.3 Å². The molecule has 0 saturated heterocycles. The summed E-state index contributed by atoms with van der Waals surface area (Å²) in [6.45, 7) is 4.11. The molecule has 3 rings (SSSR count). The number of aryl methyl sites for hydroxylation is 2. The van der Waals surface area contributed by atoms with E-state index in [1.54, 1.807) is 0 Å². The summed E-state index contributed by atoms with van der Waals surface area (Å²) >= 11 is 3.57. The van der Waals surface area contributed by atoms with E-state index in [2.05, 4.69) is 40.8 Å². The molecule has 0 amide bonds. The van der Waals surface area contributed by atoms with Crippen LogP contribution in [0.1, 0.15) is 11.1 Å². The lowest BCUT2D eigenvalue weighted by Gasteiger charge is -1.99. The molecule has 0 spiro atoms. The van der Waals surface area contributed by atoms with Crippen molar-refractivity contribution in [3.05, 3.63) is 52.0 Å². The van der Waals surface area contributed by atoms with Gasteiger partial charge in [0.1, 0.15) is 5.52 Å². The first-order chi connectivity index (χ1) is 8.66. The van der Waals surface area contributed by atoms with Crippen molar-refractivity contribution in [2.45, 2.75) is 13.8 Å². The molecule has 0 unspecified atom stereocenters. The second-order valence-corrected chi connectivity index (χ2v) is 5.18. The number of oxazole rings is 1. The summed E-state index contributed by atoms with van der Waals surface area (Å²) in [5.41, 5.74) is 5.04. The fraction of sp³-hybridized carbons (Fsp3) is 0.133. The Morgan fingerprint density at radius 2 is 1.78 bits per heavy atom. The van der Waals surface area contributed by atoms with Crippen LogP contribution in [0.15, 0.2) is 45.3 Å². The van der Waals surface area contributed by atoms with Gasteiger partial charge < -0.3 is 4.42 Å². The van der Waals surface area contributed by atoms with Crippen LogP contribution < -0.4 is 0 Å². The average Bonchev–Trinajstić information content (AvgIpc) is 2.83. The molecule has 0 bridgehead atoms. The van der Waals surface area contributed by atoms with Gasteiger partial charge >= 0.3 is 0 Å². The van der Waals surface area contributed by atoms with Gasteiger partial charge in [-0.2, -0.15) is 0 Å². The van der Waals surface area contributed by atoms with Gasteiger partial charge in [0.25, 0.3) is 0 Å². The van der Waals surface area contributed by atoms with Crippen molar-refractivity contribution < 1.29 is 4.42 Å². The van der Waals surface area contributed by atoms with Crippen LogP contribution in [-0.4, -0.2) is 4.98 Å². The Morgan fingerprint density at radius 3 is 2.50 bits per heavy atom. The Bertz CT molecular complexity index is 716. The Hall–Kier alpha value is -1.61. The van der Waals surface area contributed by atoms with Crippen molar-refractivity contribution in [3.63, 3.8) is 0 Å². The van der Waals surface area contributed by atoms with Gasteiger partial charge in [0.05, 0.1) is 4.47 Å². The van der Waals surface area contributed by atoms with Crippen molar-refractivity contribution in [2.24, 2.45) is 0 Å². The topological polar surface area (TPSA) is 26.0 Å².